The molecule has 0 bridgehead atoms. The van der Waals surface area contributed by atoms with Gasteiger partial charge < -0.3 is 10.6 Å². The molecule has 8 heteroatoms. The Morgan fingerprint density at radius 2 is 1.81 bits per heavy atom. The molecule has 1 aromatic heterocycles. The molecule has 36 heavy (non-hydrogen) atoms. The van der Waals surface area contributed by atoms with Gasteiger partial charge in [-0.25, -0.2) is 4.98 Å². The van der Waals surface area contributed by atoms with Gasteiger partial charge in [0.05, 0.1) is 10.9 Å². The number of hydrogen-bond donors (Lipinski definition) is 2. The van der Waals surface area contributed by atoms with Crippen LogP contribution < -0.4 is 10.6 Å². The molecule has 0 fully saturated rings. The molecule has 5 nitrogen and oxygen atoms in total. The lowest BCUT2D eigenvalue weighted by atomic mass is 10.2. The van der Waals surface area contributed by atoms with E-state index in [4.69, 9.17) is 0 Å². The van der Waals surface area contributed by atoms with E-state index in [9.17, 15) is 9.59 Å². The summed E-state index contributed by atoms with van der Waals surface area (Å²) in [7, 11) is 0. The smallest absolute Gasteiger partial charge is 0.248 e. The molecule has 2 amide bonds. The number of thioether (sulfide) groups is 1. The number of carbonyl (C=O) groups is 2. The van der Waals surface area contributed by atoms with Gasteiger partial charge in [-0.2, -0.15) is 0 Å². The number of carbonyl (C=O) groups excluding carboxylic acids is 2. The van der Waals surface area contributed by atoms with E-state index in [1.807, 2.05) is 91.2 Å². The average Bonchev–Trinajstić information content (AvgIpc) is 3.35. The van der Waals surface area contributed by atoms with Gasteiger partial charge in [-0.05, 0) is 48.4 Å². The average molecular weight is 579 g/mol. The molecule has 182 valence electrons. The molecule has 4 aromatic rings. The summed E-state index contributed by atoms with van der Waals surface area (Å²) >= 11 is 6.31. The van der Waals surface area contributed by atoms with E-state index < -0.39 is 0 Å². The van der Waals surface area contributed by atoms with Crippen molar-refractivity contribution in [3.63, 3.8) is 0 Å². The molecular weight excluding hydrogens is 554 g/mol. The van der Waals surface area contributed by atoms with Crippen LogP contribution in [0.5, 0.6) is 0 Å². The van der Waals surface area contributed by atoms with E-state index in [1.165, 1.54) is 29.2 Å². The second-order valence-corrected chi connectivity index (χ2v) is 10.9. The predicted octanol–water partition coefficient (Wildman–Crippen LogP) is 7.73. The number of aromatic nitrogens is 1. The molecule has 0 radical (unpaired) electrons. The third kappa shape index (κ3) is 7.40. The fourth-order valence-corrected chi connectivity index (χ4v) is 5.32. The maximum absolute atomic E-state index is 13.0. The van der Waals surface area contributed by atoms with Crippen LogP contribution in [0.1, 0.15) is 18.9 Å². The third-order valence-electron chi connectivity index (χ3n) is 5.14. The van der Waals surface area contributed by atoms with Gasteiger partial charge in [-0.15, -0.1) is 23.1 Å². The fourth-order valence-electron chi connectivity index (χ4n) is 3.32. The topological polar surface area (TPSA) is 71.1 Å². The first kappa shape index (κ1) is 25.9. The standard InChI is InChI=1S/C28H24BrN3O2S2/c1-2-25(27(34)32-28-31-24(18-35-28)20-12-14-21(29)15-13-20)36-23-10-6-9-22(17-23)30-26(33)16-11-19-7-4-3-5-8-19/h3-18,25H,2H2,1H3,(H,30,33)(H,31,32,34)/b16-11+. The Morgan fingerprint density at radius 1 is 1.03 bits per heavy atom. The van der Waals surface area contributed by atoms with Gasteiger partial charge in [-0.3, -0.25) is 9.59 Å². The lowest BCUT2D eigenvalue weighted by molar-refractivity contribution is -0.115. The number of nitrogens with zero attached hydrogens (tertiary/aromatic N) is 1. The summed E-state index contributed by atoms with van der Waals surface area (Å²) in [5.41, 5.74) is 3.46. The Bertz CT molecular complexity index is 1350. The van der Waals surface area contributed by atoms with Gasteiger partial charge in [0.2, 0.25) is 11.8 Å². The summed E-state index contributed by atoms with van der Waals surface area (Å²) < 4.78 is 1.00. The first-order valence-electron chi connectivity index (χ1n) is 11.3. The highest BCUT2D eigenvalue weighted by atomic mass is 79.9. The number of nitrogens with one attached hydrogen (secondary N) is 2. The molecular formula is C28H24BrN3O2S2. The monoisotopic (exact) mass is 577 g/mol. The summed E-state index contributed by atoms with van der Waals surface area (Å²) in [6.45, 7) is 1.98. The van der Waals surface area contributed by atoms with Crippen LogP contribution in [0.3, 0.4) is 0 Å². The van der Waals surface area contributed by atoms with E-state index in [1.54, 1.807) is 6.08 Å². The minimum atomic E-state index is -0.297. The molecule has 0 aliphatic heterocycles. The molecule has 2 N–H and O–H groups in total. The molecule has 1 unspecified atom stereocenters. The molecule has 0 spiro atoms. The molecule has 1 heterocycles. The van der Waals surface area contributed by atoms with Crippen LogP contribution in [-0.4, -0.2) is 22.0 Å². The molecule has 0 saturated heterocycles. The van der Waals surface area contributed by atoms with Gasteiger partial charge in [0.15, 0.2) is 5.13 Å². The highest BCUT2D eigenvalue weighted by Gasteiger charge is 2.20. The van der Waals surface area contributed by atoms with Crippen LogP contribution in [0.25, 0.3) is 17.3 Å². The number of thiazole rings is 1. The van der Waals surface area contributed by atoms with Crippen LogP contribution in [0.2, 0.25) is 0 Å². The van der Waals surface area contributed by atoms with Crippen LogP contribution in [0.15, 0.2) is 99.7 Å². The number of anilines is 2. The molecule has 0 saturated carbocycles. The quantitative estimate of drug-likeness (QED) is 0.158. The Labute approximate surface area is 227 Å². The first-order chi connectivity index (χ1) is 17.5. The van der Waals surface area contributed by atoms with Gasteiger partial charge in [0.1, 0.15) is 0 Å². The maximum Gasteiger partial charge on any atom is 0.248 e. The SMILES string of the molecule is CCC(Sc1cccc(NC(=O)/C=C/c2ccccc2)c1)C(=O)Nc1nc(-c2ccc(Br)cc2)cs1. The van der Waals surface area contributed by atoms with Crippen molar-refractivity contribution in [1.82, 2.24) is 4.98 Å². The second-order valence-electron chi connectivity index (χ2n) is 7.81. The Kier molecular flexibility index (Phi) is 9.11. The number of rotatable bonds is 9. The number of amides is 2. The van der Waals surface area contributed by atoms with Crippen LogP contribution in [-0.2, 0) is 9.59 Å². The summed E-state index contributed by atoms with van der Waals surface area (Å²) in [5, 5.41) is 8.05. The number of hydrogen-bond acceptors (Lipinski definition) is 5. The van der Waals surface area contributed by atoms with E-state index in [-0.39, 0.29) is 17.1 Å². The normalized spacial score (nSPS) is 11.8. The van der Waals surface area contributed by atoms with Crippen molar-refractivity contribution in [3.8, 4) is 11.3 Å². The van der Waals surface area contributed by atoms with Gasteiger partial charge in [0.25, 0.3) is 0 Å². The summed E-state index contributed by atoms with van der Waals surface area (Å²) in [4.78, 5) is 30.8. The number of benzene rings is 3. The van der Waals surface area contributed by atoms with Crippen molar-refractivity contribution in [1.29, 1.82) is 0 Å². The zero-order chi connectivity index (χ0) is 25.3. The maximum atomic E-state index is 13.0. The minimum Gasteiger partial charge on any atom is -0.322 e. The Morgan fingerprint density at radius 3 is 2.56 bits per heavy atom. The largest absolute Gasteiger partial charge is 0.322 e. The third-order valence-corrected chi connectivity index (χ3v) is 7.79. The Balaban J connectivity index is 1.35. The Hall–Kier alpha value is -3.20. The van der Waals surface area contributed by atoms with Crippen LogP contribution in [0, 0.1) is 0 Å². The molecule has 0 aliphatic carbocycles. The fraction of sp³-hybridized carbons (Fsp3) is 0.107. The van der Waals surface area contributed by atoms with E-state index in [0.29, 0.717) is 17.2 Å². The van der Waals surface area contributed by atoms with Crippen LogP contribution >= 0.6 is 39.0 Å². The van der Waals surface area contributed by atoms with Crippen molar-refractivity contribution in [2.24, 2.45) is 0 Å². The van der Waals surface area contributed by atoms with Crippen molar-refractivity contribution in [3.05, 3.63) is 100 Å². The van der Waals surface area contributed by atoms with Gasteiger partial charge in [0, 0.05) is 32.1 Å². The lowest BCUT2D eigenvalue weighted by Gasteiger charge is -2.14. The van der Waals surface area contributed by atoms with Gasteiger partial charge >= 0.3 is 0 Å². The molecule has 0 aliphatic rings. The van der Waals surface area contributed by atoms with E-state index >= 15 is 0 Å². The summed E-state index contributed by atoms with van der Waals surface area (Å²) in [6, 6.07) is 25.1. The van der Waals surface area contributed by atoms with Crippen molar-refractivity contribution >= 4 is 67.7 Å². The molecule has 4 rings (SSSR count). The lowest BCUT2D eigenvalue weighted by Crippen LogP contribution is -2.24. The first-order valence-corrected chi connectivity index (χ1v) is 13.9. The highest BCUT2D eigenvalue weighted by Crippen LogP contribution is 2.30. The zero-order valence-corrected chi connectivity index (χ0v) is 22.7. The molecule has 3 aromatic carbocycles. The van der Waals surface area contributed by atoms with E-state index in [2.05, 4.69) is 31.5 Å². The highest BCUT2D eigenvalue weighted by molar-refractivity contribution is 9.10. The zero-order valence-electron chi connectivity index (χ0n) is 19.5. The van der Waals surface area contributed by atoms with Crippen molar-refractivity contribution in [2.75, 3.05) is 10.6 Å². The summed E-state index contributed by atoms with van der Waals surface area (Å²) in [5.74, 6) is -0.310. The van der Waals surface area contributed by atoms with Gasteiger partial charge in [-0.1, -0.05) is 71.4 Å². The van der Waals surface area contributed by atoms with E-state index in [0.717, 1.165) is 26.2 Å². The van der Waals surface area contributed by atoms with Crippen molar-refractivity contribution < 1.29 is 9.59 Å². The second kappa shape index (κ2) is 12.7. The minimum absolute atomic E-state index is 0.0977. The van der Waals surface area contributed by atoms with Crippen molar-refractivity contribution in [2.45, 2.75) is 23.5 Å². The molecule has 1 atom stereocenters. The summed E-state index contributed by atoms with van der Waals surface area (Å²) in [6.07, 6.45) is 3.93. The van der Waals surface area contributed by atoms with Crippen LogP contribution in [0.4, 0.5) is 10.8 Å². The predicted molar refractivity (Wildman–Crippen MR) is 154 cm³/mol. The number of halogens is 1.